The molecule has 4 N–H and O–H groups in total. The van der Waals surface area contributed by atoms with Crippen molar-refractivity contribution in [3.8, 4) is 11.3 Å². The van der Waals surface area contributed by atoms with Crippen LogP contribution in [0.4, 0.5) is 11.8 Å². The van der Waals surface area contributed by atoms with Gasteiger partial charge < -0.3 is 20.9 Å². The van der Waals surface area contributed by atoms with Crippen molar-refractivity contribution < 1.29 is 4.79 Å². The lowest BCUT2D eigenvalue weighted by atomic mass is 9.81. The minimum Gasteiger partial charge on any atom is -0.372 e. The number of nitrogens with one attached hydrogen (secondary N) is 4. The smallest absolute Gasteiger partial charge is 0.226 e. The first-order chi connectivity index (χ1) is 15.4. The molecule has 4 heterocycles. The molecule has 1 saturated carbocycles. The van der Waals surface area contributed by atoms with E-state index in [1.807, 2.05) is 31.6 Å². The van der Waals surface area contributed by atoms with Crippen molar-refractivity contribution in [1.29, 1.82) is 0 Å². The predicted molar refractivity (Wildman–Crippen MR) is 124 cm³/mol. The minimum atomic E-state index is -0.136. The maximum Gasteiger partial charge on any atom is 0.226 e. The molecule has 0 bridgehead atoms. The van der Waals surface area contributed by atoms with Gasteiger partial charge in [-0.25, -0.2) is 9.50 Å². The third-order valence-electron chi connectivity index (χ3n) is 6.20. The molecule has 10 nitrogen and oxygen atoms in total. The Labute approximate surface area is 185 Å². The molecule has 0 spiro atoms. The van der Waals surface area contributed by atoms with Gasteiger partial charge in [0.1, 0.15) is 11.5 Å². The van der Waals surface area contributed by atoms with Crippen molar-refractivity contribution in [3.63, 3.8) is 0 Å². The van der Waals surface area contributed by atoms with Crippen LogP contribution in [-0.4, -0.2) is 54.1 Å². The minimum absolute atomic E-state index is 0.0239. The van der Waals surface area contributed by atoms with Crippen LogP contribution in [0.2, 0.25) is 0 Å². The summed E-state index contributed by atoms with van der Waals surface area (Å²) in [5.41, 5.74) is 3.16. The van der Waals surface area contributed by atoms with Gasteiger partial charge >= 0.3 is 0 Å². The molecule has 1 aliphatic carbocycles. The van der Waals surface area contributed by atoms with Gasteiger partial charge in [0.15, 0.2) is 5.65 Å². The number of anilines is 2. The van der Waals surface area contributed by atoms with Crippen LogP contribution in [0.25, 0.3) is 27.9 Å². The van der Waals surface area contributed by atoms with Gasteiger partial charge in [-0.2, -0.15) is 15.1 Å². The van der Waals surface area contributed by atoms with E-state index in [0.29, 0.717) is 5.95 Å². The van der Waals surface area contributed by atoms with Gasteiger partial charge in [-0.3, -0.25) is 4.79 Å². The maximum absolute atomic E-state index is 11.5. The van der Waals surface area contributed by atoms with E-state index in [-0.39, 0.29) is 17.5 Å². The van der Waals surface area contributed by atoms with Gasteiger partial charge in [0.2, 0.25) is 11.9 Å². The number of aromatic amines is 1. The first-order valence-corrected chi connectivity index (χ1v) is 10.9. The largest absolute Gasteiger partial charge is 0.372 e. The summed E-state index contributed by atoms with van der Waals surface area (Å²) < 4.78 is 1.73. The zero-order valence-corrected chi connectivity index (χ0v) is 18.4. The van der Waals surface area contributed by atoms with E-state index in [4.69, 9.17) is 15.0 Å². The highest BCUT2D eigenvalue weighted by Gasteiger charge is 2.32. The van der Waals surface area contributed by atoms with Crippen molar-refractivity contribution in [3.05, 3.63) is 30.7 Å². The summed E-state index contributed by atoms with van der Waals surface area (Å²) in [5, 5.41) is 14.9. The fraction of sp³-hybridized carbons (Fsp3) is 0.409. The Kier molecular flexibility index (Phi) is 4.91. The van der Waals surface area contributed by atoms with Crippen molar-refractivity contribution in [2.45, 2.75) is 51.1 Å². The van der Waals surface area contributed by atoms with Crippen LogP contribution in [0, 0.1) is 0 Å². The Morgan fingerprint density at radius 1 is 1.22 bits per heavy atom. The standard InChI is InChI=1S/C22H27N9O/c1-13(32)30-22(2)8-4-14(5-9-22)26-21-28-19(23-3)18-15(12-24-20(18)29-21)16-7-11-31-17(27-16)6-10-25-31/h6-7,10-12,14H,4-5,8-9H2,1-3H3,(H,30,32)(H3,23,24,26,28,29). The Balaban J connectivity index is 1.40. The Hall–Kier alpha value is -3.69. The number of fused-ring (bicyclic) bond motifs is 2. The second kappa shape index (κ2) is 7.77. The average molecular weight is 434 g/mol. The average Bonchev–Trinajstić information content (AvgIpc) is 3.40. The molecule has 10 heteroatoms. The molecular formula is C22H27N9O. The van der Waals surface area contributed by atoms with Gasteiger partial charge in [0.05, 0.1) is 17.3 Å². The highest BCUT2D eigenvalue weighted by Crippen LogP contribution is 2.33. The maximum atomic E-state index is 11.5. The molecule has 0 aromatic carbocycles. The van der Waals surface area contributed by atoms with E-state index in [9.17, 15) is 4.79 Å². The van der Waals surface area contributed by atoms with E-state index in [2.05, 4.69) is 33.0 Å². The third kappa shape index (κ3) is 3.72. The van der Waals surface area contributed by atoms with E-state index in [1.54, 1.807) is 17.6 Å². The molecule has 32 heavy (non-hydrogen) atoms. The molecule has 5 rings (SSSR count). The topological polar surface area (TPSA) is 125 Å². The molecule has 0 aliphatic heterocycles. The van der Waals surface area contributed by atoms with Crippen LogP contribution in [-0.2, 0) is 4.79 Å². The number of hydrogen-bond donors (Lipinski definition) is 4. The van der Waals surface area contributed by atoms with Crippen LogP contribution < -0.4 is 16.0 Å². The van der Waals surface area contributed by atoms with Crippen LogP contribution in [0.5, 0.6) is 0 Å². The number of H-pyrrole nitrogens is 1. The quantitative estimate of drug-likeness (QED) is 0.381. The molecule has 0 saturated heterocycles. The lowest BCUT2D eigenvalue weighted by Crippen LogP contribution is -2.49. The number of carbonyl (C=O) groups is 1. The van der Waals surface area contributed by atoms with E-state index in [0.717, 1.165) is 59.4 Å². The third-order valence-corrected chi connectivity index (χ3v) is 6.20. The first kappa shape index (κ1) is 20.2. The summed E-state index contributed by atoms with van der Waals surface area (Å²) in [4.78, 5) is 28.9. The fourth-order valence-electron chi connectivity index (χ4n) is 4.57. The Morgan fingerprint density at radius 2 is 2.03 bits per heavy atom. The van der Waals surface area contributed by atoms with Gasteiger partial charge in [-0.15, -0.1) is 0 Å². The van der Waals surface area contributed by atoms with E-state index >= 15 is 0 Å². The lowest BCUT2D eigenvalue weighted by molar-refractivity contribution is -0.121. The van der Waals surface area contributed by atoms with Gasteiger partial charge in [0.25, 0.3) is 0 Å². The highest BCUT2D eigenvalue weighted by molar-refractivity contribution is 6.00. The molecule has 1 amide bonds. The molecule has 1 aliphatic rings. The summed E-state index contributed by atoms with van der Waals surface area (Å²) in [6.45, 7) is 3.69. The number of amides is 1. The van der Waals surface area contributed by atoms with Crippen molar-refractivity contribution in [2.24, 2.45) is 0 Å². The van der Waals surface area contributed by atoms with Crippen molar-refractivity contribution >= 4 is 34.4 Å². The second-order valence-electron chi connectivity index (χ2n) is 8.68. The molecule has 0 radical (unpaired) electrons. The number of aromatic nitrogens is 6. The summed E-state index contributed by atoms with van der Waals surface area (Å²) in [7, 11) is 1.86. The van der Waals surface area contributed by atoms with Gasteiger partial charge in [-0.05, 0) is 38.7 Å². The fourth-order valence-corrected chi connectivity index (χ4v) is 4.57. The monoisotopic (exact) mass is 433 g/mol. The molecule has 0 atom stereocenters. The molecular weight excluding hydrogens is 406 g/mol. The van der Waals surface area contributed by atoms with E-state index < -0.39 is 0 Å². The van der Waals surface area contributed by atoms with Gasteiger partial charge in [-0.1, -0.05) is 0 Å². The summed E-state index contributed by atoms with van der Waals surface area (Å²) in [6.07, 6.45) is 9.26. The number of nitrogens with zero attached hydrogens (tertiary/aromatic N) is 5. The summed E-state index contributed by atoms with van der Waals surface area (Å²) in [5.74, 6) is 1.35. The first-order valence-electron chi connectivity index (χ1n) is 10.9. The summed E-state index contributed by atoms with van der Waals surface area (Å²) in [6, 6.07) is 4.07. The van der Waals surface area contributed by atoms with Crippen LogP contribution in [0.3, 0.4) is 0 Å². The molecule has 4 aromatic rings. The Morgan fingerprint density at radius 3 is 2.78 bits per heavy atom. The van der Waals surface area contributed by atoms with Gasteiger partial charge in [0, 0.05) is 49.6 Å². The number of carbonyl (C=O) groups excluding carboxylic acids is 1. The van der Waals surface area contributed by atoms with Crippen molar-refractivity contribution in [2.75, 3.05) is 17.7 Å². The predicted octanol–water partition coefficient (Wildman–Crippen LogP) is 2.96. The SMILES string of the molecule is CNc1nc(NC2CCC(C)(NC(C)=O)CC2)nc2[nH]cc(-c3ccn4nccc4n3)c12. The molecule has 166 valence electrons. The molecule has 1 fully saturated rings. The normalized spacial score (nSPS) is 21.0. The highest BCUT2D eigenvalue weighted by atomic mass is 16.1. The number of hydrogen-bond acceptors (Lipinski definition) is 7. The zero-order valence-electron chi connectivity index (χ0n) is 18.4. The number of rotatable bonds is 5. The molecule has 0 unspecified atom stereocenters. The van der Waals surface area contributed by atoms with Crippen LogP contribution >= 0.6 is 0 Å². The lowest BCUT2D eigenvalue weighted by Gasteiger charge is -2.38. The Bertz CT molecular complexity index is 1280. The zero-order chi connectivity index (χ0) is 22.3. The summed E-state index contributed by atoms with van der Waals surface area (Å²) >= 11 is 0. The van der Waals surface area contributed by atoms with E-state index in [1.165, 1.54) is 0 Å². The van der Waals surface area contributed by atoms with Crippen LogP contribution in [0.1, 0.15) is 39.5 Å². The van der Waals surface area contributed by atoms with Crippen molar-refractivity contribution in [1.82, 2.24) is 34.9 Å². The second-order valence-corrected chi connectivity index (χ2v) is 8.68. The van der Waals surface area contributed by atoms with Crippen LogP contribution in [0.15, 0.2) is 30.7 Å². The molecule has 4 aromatic heterocycles.